The van der Waals surface area contributed by atoms with E-state index in [1.54, 1.807) is 60.7 Å². The van der Waals surface area contributed by atoms with Crippen molar-refractivity contribution in [2.75, 3.05) is 4.90 Å². The van der Waals surface area contributed by atoms with Crippen LogP contribution in [0.4, 0.5) is 14.9 Å². The minimum Gasteiger partial charge on any atom is -0.488 e. The third-order valence-electron chi connectivity index (χ3n) is 4.55. The van der Waals surface area contributed by atoms with Gasteiger partial charge in [0.25, 0.3) is 5.91 Å². The molecule has 8 heteroatoms. The highest BCUT2D eigenvalue weighted by atomic mass is 127. The fraction of sp³-hybridized carbons (Fsp3) is 0.0435. The lowest BCUT2D eigenvalue weighted by Crippen LogP contribution is -2.30. The first-order chi connectivity index (χ1) is 14.9. The zero-order valence-corrected chi connectivity index (χ0v) is 18.9. The zero-order valence-electron chi connectivity index (χ0n) is 15.9. The van der Waals surface area contributed by atoms with Gasteiger partial charge in [0.1, 0.15) is 23.9 Å². The quantitative estimate of drug-likeness (QED) is 0.251. The first-order valence-corrected chi connectivity index (χ1v) is 10.7. The summed E-state index contributed by atoms with van der Waals surface area (Å²) in [5.41, 5.74) is 1.72. The Bertz CT molecular complexity index is 1210. The highest BCUT2D eigenvalue weighted by molar-refractivity contribution is 14.1. The number of imide groups is 1. The first kappa shape index (κ1) is 21.3. The van der Waals surface area contributed by atoms with Crippen LogP contribution in [0.25, 0.3) is 6.08 Å². The molecule has 0 radical (unpaired) electrons. The van der Waals surface area contributed by atoms with Crippen LogP contribution >= 0.6 is 34.2 Å². The van der Waals surface area contributed by atoms with Gasteiger partial charge in [-0.25, -0.2) is 14.1 Å². The number of nitrogens with zero attached hydrogens (tertiary/aromatic N) is 1. The lowest BCUT2D eigenvalue weighted by atomic mass is 10.1. The van der Waals surface area contributed by atoms with Gasteiger partial charge in [0.15, 0.2) is 0 Å². The summed E-state index contributed by atoms with van der Waals surface area (Å²) >= 11 is 8.08. The molecular weight excluding hydrogens is 534 g/mol. The molecule has 0 unspecified atom stereocenters. The number of halogens is 3. The molecule has 31 heavy (non-hydrogen) atoms. The van der Waals surface area contributed by atoms with Gasteiger partial charge in [-0.05, 0) is 70.6 Å². The predicted molar refractivity (Wildman–Crippen MR) is 125 cm³/mol. The Labute approximate surface area is 196 Å². The lowest BCUT2D eigenvalue weighted by molar-refractivity contribution is -0.113. The highest BCUT2D eigenvalue weighted by Crippen LogP contribution is 2.27. The SMILES string of the molecule is O=C1N/C(=C/c2ccc(OCc3ccccc3F)c(I)c2)C(=O)N1c1cccc(Cl)c1. The number of anilines is 1. The van der Waals surface area contributed by atoms with Gasteiger partial charge >= 0.3 is 6.03 Å². The van der Waals surface area contributed by atoms with Gasteiger partial charge in [-0.3, -0.25) is 4.79 Å². The summed E-state index contributed by atoms with van der Waals surface area (Å²) in [5, 5.41) is 3.01. The number of hydrogen-bond donors (Lipinski definition) is 1. The van der Waals surface area contributed by atoms with Crippen molar-refractivity contribution in [3.8, 4) is 5.75 Å². The smallest absolute Gasteiger partial charge is 0.333 e. The average molecular weight is 549 g/mol. The number of ether oxygens (including phenoxy) is 1. The molecule has 1 fully saturated rings. The van der Waals surface area contributed by atoms with Gasteiger partial charge in [0.05, 0.1) is 9.26 Å². The number of carbonyl (C=O) groups excluding carboxylic acids is 2. The molecule has 1 aliphatic heterocycles. The van der Waals surface area contributed by atoms with Crippen molar-refractivity contribution < 1.29 is 18.7 Å². The number of amides is 3. The van der Waals surface area contributed by atoms with E-state index >= 15 is 0 Å². The van der Waals surface area contributed by atoms with E-state index in [1.165, 1.54) is 6.07 Å². The maximum Gasteiger partial charge on any atom is 0.333 e. The second-order valence-electron chi connectivity index (χ2n) is 6.68. The Hall–Kier alpha value is -2.91. The summed E-state index contributed by atoms with van der Waals surface area (Å²) in [6, 6.07) is 17.7. The predicted octanol–water partition coefficient (Wildman–Crippen LogP) is 5.76. The van der Waals surface area contributed by atoms with Crippen molar-refractivity contribution in [2.45, 2.75) is 6.61 Å². The van der Waals surface area contributed by atoms with E-state index in [1.807, 2.05) is 6.07 Å². The Kier molecular flexibility index (Phi) is 6.24. The number of urea groups is 1. The van der Waals surface area contributed by atoms with Crippen molar-refractivity contribution in [2.24, 2.45) is 0 Å². The van der Waals surface area contributed by atoms with E-state index in [0.29, 0.717) is 27.6 Å². The van der Waals surface area contributed by atoms with Crippen LogP contribution in [0.2, 0.25) is 5.02 Å². The number of hydrogen-bond acceptors (Lipinski definition) is 3. The Morgan fingerprint density at radius 1 is 1.06 bits per heavy atom. The maximum atomic E-state index is 13.8. The second kappa shape index (κ2) is 9.07. The number of rotatable bonds is 5. The van der Waals surface area contributed by atoms with Crippen molar-refractivity contribution in [1.29, 1.82) is 0 Å². The third-order valence-corrected chi connectivity index (χ3v) is 5.63. The van der Waals surface area contributed by atoms with Gasteiger partial charge in [-0.1, -0.05) is 41.9 Å². The summed E-state index contributed by atoms with van der Waals surface area (Å²) < 4.78 is 20.3. The summed E-state index contributed by atoms with van der Waals surface area (Å²) in [6.45, 7) is 0.103. The second-order valence-corrected chi connectivity index (χ2v) is 8.28. The Balaban J connectivity index is 1.51. The number of carbonyl (C=O) groups is 2. The van der Waals surface area contributed by atoms with E-state index < -0.39 is 11.9 Å². The van der Waals surface area contributed by atoms with Gasteiger partial charge < -0.3 is 10.1 Å². The molecule has 0 aliphatic carbocycles. The van der Waals surface area contributed by atoms with E-state index in [-0.39, 0.29) is 18.1 Å². The van der Waals surface area contributed by atoms with Crippen LogP contribution in [0.15, 0.2) is 72.4 Å². The molecule has 1 saturated heterocycles. The summed E-state index contributed by atoms with van der Waals surface area (Å²) in [4.78, 5) is 26.1. The third kappa shape index (κ3) is 4.72. The van der Waals surface area contributed by atoms with E-state index in [9.17, 15) is 14.0 Å². The summed E-state index contributed by atoms with van der Waals surface area (Å²) in [5.74, 6) is -0.200. The minimum atomic E-state index is -0.543. The molecule has 4 rings (SSSR count). The molecule has 5 nitrogen and oxygen atoms in total. The largest absolute Gasteiger partial charge is 0.488 e. The van der Waals surface area contributed by atoms with Gasteiger partial charge in [0.2, 0.25) is 0 Å². The van der Waals surface area contributed by atoms with E-state index in [4.69, 9.17) is 16.3 Å². The zero-order chi connectivity index (χ0) is 22.0. The molecule has 0 bridgehead atoms. The van der Waals surface area contributed by atoms with E-state index in [0.717, 1.165) is 8.47 Å². The van der Waals surface area contributed by atoms with Gasteiger partial charge in [0, 0.05) is 10.6 Å². The van der Waals surface area contributed by atoms with Crippen LogP contribution in [-0.4, -0.2) is 11.9 Å². The topological polar surface area (TPSA) is 58.6 Å². The fourth-order valence-electron chi connectivity index (χ4n) is 3.05. The molecule has 1 N–H and O–H groups in total. The molecule has 0 atom stereocenters. The van der Waals surface area contributed by atoms with Crippen LogP contribution in [0.3, 0.4) is 0 Å². The van der Waals surface area contributed by atoms with Crippen LogP contribution in [0, 0.1) is 9.39 Å². The van der Waals surface area contributed by atoms with Crippen molar-refractivity contribution in [3.05, 3.63) is 98.0 Å². The molecule has 1 heterocycles. The molecular formula is C23H15ClFIN2O3. The molecule has 1 aliphatic rings. The van der Waals surface area contributed by atoms with Crippen LogP contribution in [0.5, 0.6) is 5.75 Å². The van der Waals surface area contributed by atoms with Gasteiger partial charge in [-0.15, -0.1) is 0 Å². The van der Waals surface area contributed by atoms with Crippen LogP contribution in [-0.2, 0) is 11.4 Å². The van der Waals surface area contributed by atoms with Gasteiger partial charge in [-0.2, -0.15) is 0 Å². The molecule has 3 aromatic rings. The van der Waals surface area contributed by atoms with Crippen LogP contribution in [0.1, 0.15) is 11.1 Å². The fourth-order valence-corrected chi connectivity index (χ4v) is 3.93. The highest BCUT2D eigenvalue weighted by Gasteiger charge is 2.34. The first-order valence-electron chi connectivity index (χ1n) is 9.21. The normalized spacial score (nSPS) is 14.8. The van der Waals surface area contributed by atoms with Crippen molar-refractivity contribution >= 4 is 57.9 Å². The van der Waals surface area contributed by atoms with Crippen molar-refractivity contribution in [3.63, 3.8) is 0 Å². The molecule has 0 spiro atoms. The Morgan fingerprint density at radius 3 is 2.61 bits per heavy atom. The number of nitrogens with one attached hydrogen (secondary N) is 1. The molecule has 156 valence electrons. The molecule has 0 aromatic heterocycles. The maximum absolute atomic E-state index is 13.8. The summed E-state index contributed by atoms with van der Waals surface area (Å²) in [6.07, 6.45) is 1.59. The lowest BCUT2D eigenvalue weighted by Gasteiger charge is -2.11. The van der Waals surface area contributed by atoms with Crippen LogP contribution < -0.4 is 15.0 Å². The minimum absolute atomic E-state index is 0.103. The van der Waals surface area contributed by atoms with E-state index in [2.05, 4.69) is 27.9 Å². The summed E-state index contributed by atoms with van der Waals surface area (Å²) in [7, 11) is 0. The molecule has 3 amide bonds. The average Bonchev–Trinajstić information content (AvgIpc) is 3.01. The monoisotopic (exact) mass is 548 g/mol. The molecule has 3 aromatic carbocycles. The standard InChI is InChI=1S/C23H15ClFIN2O3/c24-16-5-3-6-17(12-16)28-22(29)20(27-23(28)30)11-14-8-9-21(19(26)10-14)31-13-15-4-1-2-7-18(15)25/h1-12H,13H2,(H,27,30)/b20-11+. The number of benzene rings is 3. The molecule has 0 saturated carbocycles. The van der Waals surface area contributed by atoms with Crippen molar-refractivity contribution in [1.82, 2.24) is 5.32 Å². The Morgan fingerprint density at radius 2 is 1.87 bits per heavy atom.